The minimum absolute atomic E-state index is 0.162. The summed E-state index contributed by atoms with van der Waals surface area (Å²) in [5.74, 6) is 1.37. The second-order valence-electron chi connectivity index (χ2n) is 8.59. The van der Waals surface area contributed by atoms with Gasteiger partial charge in [-0.1, -0.05) is 23.5 Å². The molecule has 1 aliphatic rings. The summed E-state index contributed by atoms with van der Waals surface area (Å²) in [5.41, 5.74) is 4.30. The van der Waals surface area contributed by atoms with E-state index >= 15 is 0 Å². The third kappa shape index (κ3) is 4.21. The second-order valence-corrected chi connectivity index (χ2v) is 9.59. The highest BCUT2D eigenvalue weighted by molar-refractivity contribution is 7.16. The van der Waals surface area contributed by atoms with E-state index in [1.54, 1.807) is 24.6 Å². The van der Waals surface area contributed by atoms with Gasteiger partial charge in [-0.25, -0.2) is 15.0 Å². The number of fused-ring (bicyclic) bond motifs is 3. The number of benzene rings is 1. The van der Waals surface area contributed by atoms with Crippen LogP contribution in [0.1, 0.15) is 48.7 Å². The summed E-state index contributed by atoms with van der Waals surface area (Å²) in [5, 5.41) is 8.86. The number of nitrogens with one attached hydrogen (secondary N) is 1. The Morgan fingerprint density at radius 3 is 2.70 bits per heavy atom. The van der Waals surface area contributed by atoms with Crippen LogP contribution in [0.4, 0.5) is 11.1 Å². The number of hydrogen-bond donors (Lipinski definition) is 1. The van der Waals surface area contributed by atoms with Crippen LogP contribution in [0.3, 0.4) is 0 Å². The van der Waals surface area contributed by atoms with Crippen molar-refractivity contribution in [2.75, 3.05) is 12.4 Å². The third-order valence-electron chi connectivity index (χ3n) is 5.59. The molecule has 0 saturated heterocycles. The topological polar surface area (TPSA) is 87.0 Å². The molecular weight excluding hydrogens is 436 g/mol. The fourth-order valence-corrected chi connectivity index (χ4v) is 5.06. The van der Waals surface area contributed by atoms with Crippen molar-refractivity contribution in [2.45, 2.75) is 45.9 Å². The molecule has 0 amide bonds. The largest absolute Gasteiger partial charge is 0.497 e. The highest BCUT2D eigenvalue weighted by Gasteiger charge is 2.37. The summed E-state index contributed by atoms with van der Waals surface area (Å²) in [6.07, 6.45) is 3.64. The van der Waals surface area contributed by atoms with Gasteiger partial charge in [0.05, 0.1) is 29.8 Å². The van der Waals surface area contributed by atoms with Gasteiger partial charge in [0.2, 0.25) is 5.95 Å². The molecule has 1 aromatic carbocycles. The Morgan fingerprint density at radius 1 is 1.18 bits per heavy atom. The van der Waals surface area contributed by atoms with E-state index in [0.717, 1.165) is 44.0 Å². The standard InChI is InChI=1S/C24H26N6O2S/c1-14-10-11-25-22(26-14)28-23-27-20-18-13-30(12-16-6-8-17(31-5)9-7-16)29-19(18)15(2)32-24(3,4)21(20)33-23/h6-11,13,15H,12H2,1-5H3,(H,25,26,27,28). The average molecular weight is 463 g/mol. The molecule has 0 aliphatic carbocycles. The first-order valence-electron chi connectivity index (χ1n) is 10.8. The summed E-state index contributed by atoms with van der Waals surface area (Å²) < 4.78 is 13.7. The van der Waals surface area contributed by atoms with E-state index in [1.807, 2.05) is 48.9 Å². The van der Waals surface area contributed by atoms with Gasteiger partial charge in [0, 0.05) is 23.7 Å². The van der Waals surface area contributed by atoms with E-state index in [9.17, 15) is 0 Å². The van der Waals surface area contributed by atoms with Gasteiger partial charge in [-0.3, -0.25) is 4.68 Å². The molecule has 1 aliphatic heterocycles. The maximum Gasteiger partial charge on any atom is 0.229 e. The van der Waals surface area contributed by atoms with Gasteiger partial charge in [0.25, 0.3) is 0 Å². The highest BCUT2D eigenvalue weighted by atomic mass is 32.1. The molecule has 0 saturated carbocycles. The number of methoxy groups -OCH3 is 1. The van der Waals surface area contributed by atoms with Crippen molar-refractivity contribution in [2.24, 2.45) is 0 Å². The Bertz CT molecular complexity index is 1290. The molecule has 33 heavy (non-hydrogen) atoms. The fraction of sp³-hybridized carbons (Fsp3) is 0.333. The zero-order valence-corrected chi connectivity index (χ0v) is 20.1. The van der Waals surface area contributed by atoms with Crippen molar-refractivity contribution in [3.8, 4) is 17.0 Å². The Kier molecular flexibility index (Phi) is 5.38. The van der Waals surface area contributed by atoms with Crippen LogP contribution in [0.25, 0.3) is 11.3 Å². The predicted octanol–water partition coefficient (Wildman–Crippen LogP) is 5.23. The normalized spacial score (nSPS) is 16.6. The second kappa shape index (κ2) is 8.24. The molecule has 3 aromatic heterocycles. The molecule has 4 aromatic rings. The fourth-order valence-electron chi connectivity index (χ4n) is 4.04. The molecular formula is C24H26N6O2S. The maximum atomic E-state index is 6.45. The van der Waals surface area contributed by atoms with Crippen LogP contribution in [-0.4, -0.2) is 31.8 Å². The van der Waals surface area contributed by atoms with Gasteiger partial charge in [0.15, 0.2) is 5.13 Å². The van der Waals surface area contributed by atoms with Crippen molar-refractivity contribution >= 4 is 22.4 Å². The van der Waals surface area contributed by atoms with Crippen LogP contribution in [-0.2, 0) is 16.9 Å². The summed E-state index contributed by atoms with van der Waals surface area (Å²) in [4.78, 5) is 14.7. The van der Waals surface area contributed by atoms with Gasteiger partial charge >= 0.3 is 0 Å². The van der Waals surface area contributed by atoms with Gasteiger partial charge in [-0.05, 0) is 51.5 Å². The summed E-state index contributed by atoms with van der Waals surface area (Å²) in [6, 6.07) is 9.88. The third-order valence-corrected chi connectivity index (χ3v) is 6.87. The number of anilines is 2. The Balaban J connectivity index is 1.52. The van der Waals surface area contributed by atoms with Crippen LogP contribution < -0.4 is 10.1 Å². The van der Waals surface area contributed by atoms with Gasteiger partial charge in [-0.2, -0.15) is 5.10 Å². The van der Waals surface area contributed by atoms with Gasteiger partial charge in [0.1, 0.15) is 17.5 Å². The first kappa shape index (κ1) is 21.5. The van der Waals surface area contributed by atoms with Crippen molar-refractivity contribution in [1.29, 1.82) is 0 Å². The molecule has 9 heteroatoms. The lowest BCUT2D eigenvalue weighted by Gasteiger charge is -2.26. The van der Waals surface area contributed by atoms with Crippen molar-refractivity contribution in [1.82, 2.24) is 24.7 Å². The van der Waals surface area contributed by atoms with Crippen molar-refractivity contribution in [3.63, 3.8) is 0 Å². The molecule has 8 nitrogen and oxygen atoms in total. The molecule has 0 bridgehead atoms. The molecule has 0 spiro atoms. The summed E-state index contributed by atoms with van der Waals surface area (Å²) >= 11 is 1.56. The number of thiazole rings is 1. The number of hydrogen-bond acceptors (Lipinski definition) is 8. The van der Waals surface area contributed by atoms with E-state index < -0.39 is 5.60 Å². The Labute approximate surface area is 196 Å². The molecule has 170 valence electrons. The number of aryl methyl sites for hydroxylation is 1. The van der Waals surface area contributed by atoms with Crippen LogP contribution >= 0.6 is 11.3 Å². The highest BCUT2D eigenvalue weighted by Crippen LogP contribution is 2.47. The zero-order chi connectivity index (χ0) is 23.2. The van der Waals surface area contributed by atoms with E-state index in [0.29, 0.717) is 12.5 Å². The van der Waals surface area contributed by atoms with E-state index in [1.165, 1.54) is 0 Å². The summed E-state index contributed by atoms with van der Waals surface area (Å²) in [6.45, 7) is 8.78. The van der Waals surface area contributed by atoms with E-state index in [4.69, 9.17) is 19.6 Å². The smallest absolute Gasteiger partial charge is 0.229 e. The molecule has 0 fully saturated rings. The van der Waals surface area contributed by atoms with Crippen molar-refractivity contribution in [3.05, 3.63) is 64.6 Å². The Morgan fingerprint density at radius 2 is 1.97 bits per heavy atom. The maximum absolute atomic E-state index is 6.45. The summed E-state index contributed by atoms with van der Waals surface area (Å²) in [7, 11) is 1.67. The number of nitrogens with zero attached hydrogens (tertiary/aromatic N) is 5. The Hall–Kier alpha value is -3.30. The lowest BCUT2D eigenvalue weighted by Crippen LogP contribution is -2.21. The zero-order valence-electron chi connectivity index (χ0n) is 19.3. The first-order valence-corrected chi connectivity index (χ1v) is 11.6. The number of ether oxygens (including phenoxy) is 2. The molecule has 1 unspecified atom stereocenters. The molecule has 5 rings (SSSR count). The lowest BCUT2D eigenvalue weighted by atomic mass is 10.0. The van der Waals surface area contributed by atoms with E-state index in [2.05, 4.69) is 35.3 Å². The molecule has 4 heterocycles. The predicted molar refractivity (Wildman–Crippen MR) is 128 cm³/mol. The quantitative estimate of drug-likeness (QED) is 0.434. The van der Waals surface area contributed by atoms with E-state index in [-0.39, 0.29) is 6.10 Å². The lowest BCUT2D eigenvalue weighted by molar-refractivity contribution is -0.0676. The monoisotopic (exact) mass is 462 g/mol. The molecule has 1 atom stereocenters. The van der Waals surface area contributed by atoms with Gasteiger partial charge < -0.3 is 14.8 Å². The number of aromatic nitrogens is 5. The minimum Gasteiger partial charge on any atom is -0.497 e. The van der Waals surface area contributed by atoms with Crippen LogP contribution in [0, 0.1) is 6.92 Å². The first-order chi connectivity index (χ1) is 15.8. The molecule has 1 N–H and O–H groups in total. The molecule has 0 radical (unpaired) electrons. The number of rotatable bonds is 5. The van der Waals surface area contributed by atoms with Gasteiger partial charge in [-0.15, -0.1) is 0 Å². The SMILES string of the molecule is COc1ccc(Cn2cc3c(n2)C(C)OC(C)(C)c2sc(Nc4nccc(C)n4)nc2-3)cc1. The average Bonchev–Trinajstić information content (AvgIpc) is 3.37. The minimum atomic E-state index is -0.506. The van der Waals surface area contributed by atoms with Crippen LogP contribution in [0.5, 0.6) is 5.75 Å². The van der Waals surface area contributed by atoms with Crippen LogP contribution in [0.15, 0.2) is 42.7 Å². The van der Waals surface area contributed by atoms with Crippen molar-refractivity contribution < 1.29 is 9.47 Å². The van der Waals surface area contributed by atoms with Crippen LogP contribution in [0.2, 0.25) is 0 Å².